The van der Waals surface area contributed by atoms with Crippen molar-refractivity contribution >= 4 is 30.7 Å². The Morgan fingerprint density at radius 1 is 1.62 bits per heavy atom. The van der Waals surface area contributed by atoms with Gasteiger partial charge in [-0.3, -0.25) is 13.8 Å². The maximum absolute atomic E-state index is 11.3. The lowest BCUT2D eigenvalue weighted by atomic mass is 10.2. The van der Waals surface area contributed by atoms with Crippen LogP contribution in [0, 0.1) is 6.92 Å². The van der Waals surface area contributed by atoms with Gasteiger partial charge in [-0.1, -0.05) is 12.8 Å². The molecule has 2 heterocycles. The van der Waals surface area contributed by atoms with Crippen molar-refractivity contribution in [1.29, 1.82) is 0 Å². The largest absolute Gasteiger partial charge is 0.394 e. The number of anilines is 1. The van der Waals surface area contributed by atoms with Crippen molar-refractivity contribution in [3.05, 3.63) is 16.0 Å². The van der Waals surface area contributed by atoms with Crippen LogP contribution in [0.5, 0.6) is 0 Å². The monoisotopic (exact) mass is 314 g/mol. The first-order valence-corrected chi connectivity index (χ1v) is 7.14. The Hall–Kier alpha value is -1.38. The Bertz CT molecular complexity index is 559. The number of aromatic nitrogens is 2. The second-order valence-corrected chi connectivity index (χ2v) is 5.14. The standard InChI is InChI=1S/C7H10N4OS.C6H12O2/c1-3-9-5-4(2)11(13)7(8)10-6(5)12;1-5-2-3-6(4-7)8-5/h3,13H,1-2H3,(H2,8,10,12);5-7H,2-4H2,1H3. The molecule has 1 aromatic rings. The zero-order valence-corrected chi connectivity index (χ0v) is 13.4. The van der Waals surface area contributed by atoms with Gasteiger partial charge in [-0.15, -0.1) is 0 Å². The number of rotatable bonds is 2. The van der Waals surface area contributed by atoms with Crippen molar-refractivity contribution in [2.75, 3.05) is 12.3 Å². The minimum absolute atomic E-state index is 0.0703. The van der Waals surface area contributed by atoms with Gasteiger partial charge in [0.25, 0.3) is 0 Å². The van der Waals surface area contributed by atoms with Crippen LogP contribution in [0.3, 0.4) is 0 Å². The first-order valence-electron chi connectivity index (χ1n) is 6.74. The fourth-order valence-corrected chi connectivity index (χ4v) is 2.07. The number of hydrogen-bond acceptors (Lipinski definition) is 7. The van der Waals surface area contributed by atoms with E-state index in [1.54, 1.807) is 13.8 Å². The highest BCUT2D eigenvalue weighted by atomic mass is 32.1. The van der Waals surface area contributed by atoms with Gasteiger partial charge in [-0.25, -0.2) is 0 Å². The Morgan fingerprint density at radius 3 is 2.71 bits per heavy atom. The molecule has 3 N–H and O–H groups in total. The molecule has 0 amide bonds. The molecule has 1 aliphatic rings. The van der Waals surface area contributed by atoms with Gasteiger partial charge < -0.3 is 15.6 Å². The number of nitrogens with zero attached hydrogens (tertiary/aromatic N) is 3. The zero-order valence-electron chi connectivity index (χ0n) is 12.5. The number of ether oxygens (including phenoxy) is 1. The molecule has 0 aliphatic carbocycles. The minimum atomic E-state index is -0.432. The zero-order chi connectivity index (χ0) is 16.0. The number of nitrogens with two attached hydrogens (primary N) is 1. The second kappa shape index (κ2) is 8.16. The van der Waals surface area contributed by atoms with E-state index in [9.17, 15) is 4.79 Å². The number of hydrogen-bond donors (Lipinski definition) is 3. The molecule has 0 spiro atoms. The number of thiol groups is 1. The quantitative estimate of drug-likeness (QED) is 0.560. The Kier molecular flexibility index (Phi) is 6.86. The van der Waals surface area contributed by atoms with Crippen LogP contribution in [0.1, 0.15) is 32.4 Å². The maximum atomic E-state index is 11.3. The molecule has 8 heteroatoms. The summed E-state index contributed by atoms with van der Waals surface area (Å²) in [5.74, 6) is 0.0703. The van der Waals surface area contributed by atoms with E-state index in [0.29, 0.717) is 11.8 Å². The Balaban J connectivity index is 0.000000235. The van der Waals surface area contributed by atoms with E-state index in [-0.39, 0.29) is 24.3 Å². The molecule has 2 rings (SSSR count). The molecule has 118 valence electrons. The summed E-state index contributed by atoms with van der Waals surface area (Å²) in [7, 11) is 0. The Morgan fingerprint density at radius 2 is 2.29 bits per heavy atom. The topological polar surface area (TPSA) is 103 Å². The SMILES string of the molecule is CC1CCC(CO)O1.CC=Nc1c(C)n(S)c(N)nc1=O. The third-order valence-electron chi connectivity index (χ3n) is 3.08. The molecule has 0 radical (unpaired) electrons. The summed E-state index contributed by atoms with van der Waals surface area (Å²) < 4.78 is 6.58. The summed E-state index contributed by atoms with van der Waals surface area (Å²) in [5, 5.41) is 8.56. The molecule has 1 fully saturated rings. The minimum Gasteiger partial charge on any atom is -0.394 e. The molecule has 1 aliphatic heterocycles. The van der Waals surface area contributed by atoms with Crippen molar-refractivity contribution in [3.8, 4) is 0 Å². The normalized spacial score (nSPS) is 21.4. The van der Waals surface area contributed by atoms with Gasteiger partial charge >= 0.3 is 5.56 Å². The number of aliphatic imine (C=N–C) groups is 1. The van der Waals surface area contributed by atoms with Gasteiger partial charge in [-0.05, 0) is 33.6 Å². The lowest BCUT2D eigenvalue weighted by molar-refractivity contribution is 0.0198. The van der Waals surface area contributed by atoms with Crippen molar-refractivity contribution < 1.29 is 9.84 Å². The summed E-state index contributed by atoms with van der Waals surface area (Å²) in [4.78, 5) is 18.7. The summed E-state index contributed by atoms with van der Waals surface area (Å²) in [5.41, 5.74) is 5.83. The van der Waals surface area contributed by atoms with Gasteiger partial charge in [0.05, 0.1) is 24.5 Å². The predicted octanol–water partition coefficient (Wildman–Crippen LogP) is 1.10. The van der Waals surface area contributed by atoms with Crippen molar-refractivity contribution in [2.45, 2.75) is 45.8 Å². The number of aliphatic hydroxyl groups excluding tert-OH is 1. The lowest BCUT2D eigenvalue weighted by Gasteiger charge is -2.06. The van der Waals surface area contributed by atoms with E-state index >= 15 is 0 Å². The first-order chi connectivity index (χ1) is 9.90. The van der Waals surface area contributed by atoms with E-state index in [1.165, 1.54) is 10.2 Å². The van der Waals surface area contributed by atoms with Gasteiger partial charge in [-0.2, -0.15) is 4.98 Å². The maximum Gasteiger partial charge on any atom is 0.300 e. The molecule has 1 saturated heterocycles. The average molecular weight is 314 g/mol. The highest BCUT2D eigenvalue weighted by Gasteiger charge is 2.19. The molecular formula is C13H22N4O3S. The van der Waals surface area contributed by atoms with Crippen LogP contribution < -0.4 is 11.3 Å². The van der Waals surface area contributed by atoms with Crippen LogP contribution in [-0.2, 0) is 4.74 Å². The van der Waals surface area contributed by atoms with Crippen LogP contribution in [0.2, 0.25) is 0 Å². The molecular weight excluding hydrogens is 292 g/mol. The van der Waals surface area contributed by atoms with E-state index in [2.05, 4.69) is 22.8 Å². The third kappa shape index (κ3) is 4.83. The highest BCUT2D eigenvalue weighted by Crippen LogP contribution is 2.17. The van der Waals surface area contributed by atoms with Crippen molar-refractivity contribution in [2.24, 2.45) is 4.99 Å². The average Bonchev–Trinajstić information content (AvgIpc) is 2.88. The molecule has 2 unspecified atom stereocenters. The van der Waals surface area contributed by atoms with E-state index in [1.807, 2.05) is 6.92 Å². The first kappa shape index (κ1) is 17.7. The van der Waals surface area contributed by atoms with Crippen LogP contribution >= 0.6 is 12.8 Å². The van der Waals surface area contributed by atoms with Crippen LogP contribution in [0.25, 0.3) is 0 Å². The van der Waals surface area contributed by atoms with E-state index in [0.717, 1.165) is 12.8 Å². The predicted molar refractivity (Wildman–Crippen MR) is 86.5 cm³/mol. The summed E-state index contributed by atoms with van der Waals surface area (Å²) in [6.45, 7) is 5.65. The van der Waals surface area contributed by atoms with Crippen molar-refractivity contribution in [1.82, 2.24) is 8.96 Å². The third-order valence-corrected chi connectivity index (χ3v) is 3.58. The van der Waals surface area contributed by atoms with Gasteiger partial charge in [0.15, 0.2) is 0 Å². The van der Waals surface area contributed by atoms with E-state index in [4.69, 9.17) is 15.6 Å². The molecule has 21 heavy (non-hydrogen) atoms. The molecule has 0 aromatic carbocycles. The second-order valence-electron chi connectivity index (χ2n) is 4.74. The summed E-state index contributed by atoms with van der Waals surface area (Å²) in [6.07, 6.45) is 4.15. The molecule has 1 aromatic heterocycles. The molecule has 0 saturated carbocycles. The summed E-state index contributed by atoms with van der Waals surface area (Å²) in [6, 6.07) is 0. The molecule has 2 atom stereocenters. The van der Waals surface area contributed by atoms with Crippen LogP contribution in [-0.4, -0.2) is 39.1 Å². The fraction of sp³-hybridized carbons (Fsp3) is 0.615. The van der Waals surface area contributed by atoms with Crippen molar-refractivity contribution in [3.63, 3.8) is 0 Å². The van der Waals surface area contributed by atoms with Gasteiger partial charge in [0, 0.05) is 6.21 Å². The van der Waals surface area contributed by atoms with Crippen LogP contribution in [0.4, 0.5) is 11.6 Å². The van der Waals surface area contributed by atoms with Crippen LogP contribution in [0.15, 0.2) is 9.79 Å². The molecule has 0 bridgehead atoms. The Labute approximate surface area is 129 Å². The van der Waals surface area contributed by atoms with Gasteiger partial charge in [0.2, 0.25) is 5.95 Å². The van der Waals surface area contributed by atoms with Gasteiger partial charge in [0.1, 0.15) is 5.69 Å². The van der Waals surface area contributed by atoms with E-state index < -0.39 is 5.56 Å². The highest BCUT2D eigenvalue weighted by molar-refractivity contribution is 7.78. The smallest absolute Gasteiger partial charge is 0.300 e. The lowest BCUT2D eigenvalue weighted by Crippen LogP contribution is -2.15. The number of nitrogen functional groups attached to an aromatic ring is 1. The fourth-order valence-electron chi connectivity index (χ4n) is 1.93. The summed E-state index contributed by atoms with van der Waals surface area (Å²) >= 11 is 4.04. The number of aliphatic hydroxyl groups is 1. The molecule has 7 nitrogen and oxygen atoms in total.